The quantitative estimate of drug-likeness (QED) is 0.803. The van der Waals surface area contributed by atoms with Crippen LogP contribution < -0.4 is 10.1 Å². The Balaban J connectivity index is 1.52. The van der Waals surface area contributed by atoms with Crippen LogP contribution in [0.5, 0.6) is 5.75 Å². The Morgan fingerprint density at radius 1 is 1.06 bits per heavy atom. The normalized spacial score (nSPS) is 19.5. The van der Waals surface area contributed by atoms with Gasteiger partial charge in [-0.3, -0.25) is 14.5 Å². The van der Waals surface area contributed by atoms with Crippen LogP contribution in [0.3, 0.4) is 0 Å². The van der Waals surface area contributed by atoms with Crippen LogP contribution in [0.25, 0.3) is 0 Å². The third-order valence-corrected chi connectivity index (χ3v) is 6.41. The smallest absolute Gasteiger partial charge is 0.244 e. The standard InChI is InChI=1S/C25H31N3O3/c1-18-10-13-27(14-11-18)25(30)24-22-9-4-3-6-19(22)12-15-28(24)17-23(29)26-20-7-5-8-21(16-20)31-2/h3-9,16,18,24H,10-15,17H2,1-2H3,(H,26,29)/t24-/m1/s1. The predicted octanol–water partition coefficient (Wildman–Crippen LogP) is 3.49. The zero-order valence-electron chi connectivity index (χ0n) is 18.3. The molecule has 1 saturated heterocycles. The molecule has 0 bridgehead atoms. The first kappa shape index (κ1) is 21.4. The molecular formula is C25H31N3O3. The molecule has 0 spiro atoms. The summed E-state index contributed by atoms with van der Waals surface area (Å²) in [6.45, 7) is 4.69. The summed E-state index contributed by atoms with van der Waals surface area (Å²) >= 11 is 0. The second-order valence-corrected chi connectivity index (χ2v) is 8.61. The van der Waals surface area contributed by atoms with E-state index in [1.54, 1.807) is 13.2 Å². The van der Waals surface area contributed by atoms with Crippen molar-refractivity contribution in [1.29, 1.82) is 0 Å². The summed E-state index contributed by atoms with van der Waals surface area (Å²) in [6, 6.07) is 15.0. The molecule has 6 heteroatoms. The third kappa shape index (κ3) is 4.90. The van der Waals surface area contributed by atoms with Gasteiger partial charge in [0.15, 0.2) is 0 Å². The number of methoxy groups -OCH3 is 1. The Morgan fingerprint density at radius 3 is 2.61 bits per heavy atom. The number of fused-ring (bicyclic) bond motifs is 1. The highest BCUT2D eigenvalue weighted by Crippen LogP contribution is 2.32. The molecule has 2 aliphatic rings. The van der Waals surface area contributed by atoms with E-state index in [0.717, 1.165) is 37.9 Å². The fourth-order valence-electron chi connectivity index (χ4n) is 4.57. The molecule has 2 aromatic rings. The molecule has 6 nitrogen and oxygen atoms in total. The lowest BCUT2D eigenvalue weighted by atomic mass is 9.90. The van der Waals surface area contributed by atoms with Gasteiger partial charge in [-0.25, -0.2) is 0 Å². The molecule has 164 valence electrons. The van der Waals surface area contributed by atoms with Gasteiger partial charge in [-0.15, -0.1) is 0 Å². The van der Waals surface area contributed by atoms with E-state index in [0.29, 0.717) is 23.9 Å². The van der Waals surface area contributed by atoms with Crippen molar-refractivity contribution in [2.45, 2.75) is 32.2 Å². The van der Waals surface area contributed by atoms with Crippen molar-refractivity contribution in [3.05, 3.63) is 59.7 Å². The van der Waals surface area contributed by atoms with Gasteiger partial charge in [0.1, 0.15) is 11.8 Å². The topological polar surface area (TPSA) is 61.9 Å². The van der Waals surface area contributed by atoms with Crippen LogP contribution in [0.1, 0.15) is 36.9 Å². The second-order valence-electron chi connectivity index (χ2n) is 8.61. The molecule has 0 aromatic heterocycles. The zero-order chi connectivity index (χ0) is 21.8. The summed E-state index contributed by atoms with van der Waals surface area (Å²) in [7, 11) is 1.60. The van der Waals surface area contributed by atoms with Crippen molar-refractivity contribution in [3.63, 3.8) is 0 Å². The number of piperidine rings is 1. The number of ether oxygens (including phenoxy) is 1. The maximum Gasteiger partial charge on any atom is 0.244 e. The molecule has 31 heavy (non-hydrogen) atoms. The van der Waals surface area contributed by atoms with Crippen molar-refractivity contribution in [1.82, 2.24) is 9.80 Å². The van der Waals surface area contributed by atoms with Crippen LogP contribution >= 0.6 is 0 Å². The Hall–Kier alpha value is -2.86. The molecule has 1 atom stereocenters. The van der Waals surface area contributed by atoms with Crippen molar-refractivity contribution >= 4 is 17.5 Å². The van der Waals surface area contributed by atoms with Crippen molar-refractivity contribution in [2.24, 2.45) is 5.92 Å². The van der Waals surface area contributed by atoms with Gasteiger partial charge in [-0.1, -0.05) is 37.3 Å². The van der Waals surface area contributed by atoms with Gasteiger partial charge < -0.3 is 15.0 Å². The summed E-state index contributed by atoms with van der Waals surface area (Å²) < 4.78 is 5.24. The number of amides is 2. The van der Waals surface area contributed by atoms with E-state index in [1.165, 1.54) is 5.56 Å². The summed E-state index contributed by atoms with van der Waals surface area (Å²) in [5.41, 5.74) is 2.93. The van der Waals surface area contributed by atoms with Gasteiger partial charge in [0.05, 0.1) is 13.7 Å². The van der Waals surface area contributed by atoms with Crippen LogP contribution in [-0.4, -0.2) is 54.9 Å². The van der Waals surface area contributed by atoms with Gasteiger partial charge in [0, 0.05) is 31.4 Å². The van der Waals surface area contributed by atoms with Crippen molar-refractivity contribution in [2.75, 3.05) is 38.6 Å². The molecule has 0 aliphatic carbocycles. The lowest BCUT2D eigenvalue weighted by molar-refractivity contribution is -0.139. The average Bonchev–Trinajstić information content (AvgIpc) is 2.79. The number of carbonyl (C=O) groups excluding carboxylic acids is 2. The maximum atomic E-state index is 13.6. The highest BCUT2D eigenvalue weighted by Gasteiger charge is 2.37. The van der Waals surface area contributed by atoms with E-state index in [1.807, 2.05) is 46.2 Å². The molecule has 1 fully saturated rings. The number of hydrogen-bond donors (Lipinski definition) is 1. The SMILES string of the molecule is COc1cccc(NC(=O)CN2CCc3ccccc3[C@@H]2C(=O)N2CCC(C)CC2)c1. The van der Waals surface area contributed by atoms with E-state index in [4.69, 9.17) is 4.74 Å². The molecule has 2 aliphatic heterocycles. The monoisotopic (exact) mass is 421 g/mol. The molecule has 2 heterocycles. The van der Waals surface area contributed by atoms with Gasteiger partial charge >= 0.3 is 0 Å². The Kier molecular flexibility index (Phi) is 6.56. The third-order valence-electron chi connectivity index (χ3n) is 6.41. The molecule has 0 radical (unpaired) electrons. The fourth-order valence-corrected chi connectivity index (χ4v) is 4.57. The van der Waals surface area contributed by atoms with Crippen LogP contribution in [0.15, 0.2) is 48.5 Å². The number of hydrogen-bond acceptors (Lipinski definition) is 4. The van der Waals surface area contributed by atoms with Gasteiger partial charge in [0.25, 0.3) is 0 Å². The van der Waals surface area contributed by atoms with Crippen molar-refractivity contribution in [3.8, 4) is 5.75 Å². The van der Waals surface area contributed by atoms with Crippen molar-refractivity contribution < 1.29 is 14.3 Å². The molecular weight excluding hydrogens is 390 g/mol. The van der Waals surface area contributed by atoms with E-state index in [9.17, 15) is 9.59 Å². The lowest BCUT2D eigenvalue weighted by Gasteiger charge is -2.40. The number of carbonyl (C=O) groups is 2. The molecule has 2 aromatic carbocycles. The van der Waals surface area contributed by atoms with E-state index in [-0.39, 0.29) is 18.4 Å². The number of nitrogens with zero attached hydrogens (tertiary/aromatic N) is 2. The Bertz CT molecular complexity index is 937. The first-order valence-corrected chi connectivity index (χ1v) is 11.1. The molecule has 0 saturated carbocycles. The fraction of sp³-hybridized carbons (Fsp3) is 0.440. The summed E-state index contributed by atoms with van der Waals surface area (Å²) in [6.07, 6.45) is 2.91. The summed E-state index contributed by atoms with van der Waals surface area (Å²) in [5, 5.41) is 2.95. The maximum absolute atomic E-state index is 13.6. The highest BCUT2D eigenvalue weighted by atomic mass is 16.5. The number of anilines is 1. The molecule has 1 N–H and O–H groups in total. The van der Waals surface area contributed by atoms with Gasteiger partial charge in [0.2, 0.25) is 11.8 Å². The van der Waals surface area contributed by atoms with Gasteiger partial charge in [-0.05, 0) is 48.4 Å². The molecule has 0 unspecified atom stereocenters. The van der Waals surface area contributed by atoms with Crippen LogP contribution in [0, 0.1) is 5.92 Å². The lowest BCUT2D eigenvalue weighted by Crippen LogP contribution is -2.50. The zero-order valence-corrected chi connectivity index (χ0v) is 18.3. The Morgan fingerprint density at radius 2 is 1.84 bits per heavy atom. The first-order chi connectivity index (χ1) is 15.0. The molecule has 4 rings (SSSR count). The minimum Gasteiger partial charge on any atom is -0.497 e. The predicted molar refractivity (Wildman–Crippen MR) is 121 cm³/mol. The minimum atomic E-state index is -0.408. The van der Waals surface area contributed by atoms with Crippen LogP contribution in [0.2, 0.25) is 0 Å². The first-order valence-electron chi connectivity index (χ1n) is 11.1. The number of rotatable bonds is 5. The van der Waals surface area contributed by atoms with E-state index in [2.05, 4.69) is 18.3 Å². The summed E-state index contributed by atoms with van der Waals surface area (Å²) in [5.74, 6) is 1.34. The summed E-state index contributed by atoms with van der Waals surface area (Å²) in [4.78, 5) is 30.5. The number of benzene rings is 2. The minimum absolute atomic E-state index is 0.119. The van der Waals surface area contributed by atoms with E-state index < -0.39 is 6.04 Å². The highest BCUT2D eigenvalue weighted by molar-refractivity contribution is 5.93. The number of likely N-dealkylation sites (tertiary alicyclic amines) is 1. The average molecular weight is 422 g/mol. The number of nitrogens with one attached hydrogen (secondary N) is 1. The second kappa shape index (κ2) is 9.52. The van der Waals surface area contributed by atoms with Crippen LogP contribution in [0.4, 0.5) is 5.69 Å². The van der Waals surface area contributed by atoms with Crippen LogP contribution in [-0.2, 0) is 16.0 Å². The Labute approximate surface area is 184 Å². The van der Waals surface area contributed by atoms with E-state index >= 15 is 0 Å². The van der Waals surface area contributed by atoms with Gasteiger partial charge in [-0.2, -0.15) is 0 Å². The molecule has 2 amide bonds. The largest absolute Gasteiger partial charge is 0.497 e.